The van der Waals surface area contributed by atoms with Crippen molar-refractivity contribution in [3.63, 3.8) is 0 Å². The Morgan fingerprint density at radius 2 is 2.05 bits per heavy atom. The first-order chi connectivity index (χ1) is 10.2. The van der Waals surface area contributed by atoms with Gasteiger partial charge in [0.05, 0.1) is 16.7 Å². The Morgan fingerprint density at radius 1 is 1.29 bits per heavy atom. The fourth-order valence-corrected chi connectivity index (χ4v) is 2.59. The molecule has 110 valence electrons. The number of rotatable bonds is 3. The van der Waals surface area contributed by atoms with Crippen molar-refractivity contribution in [1.82, 2.24) is 20.1 Å². The SMILES string of the molecule is O=c1[nH]nc(C2CCCCN2)n1-c1ccc([N+](=O)[O-])cc1. The molecule has 1 atom stereocenters. The Morgan fingerprint density at radius 3 is 2.67 bits per heavy atom. The van der Waals surface area contributed by atoms with Crippen LogP contribution < -0.4 is 11.0 Å². The molecule has 1 aromatic carbocycles. The average Bonchev–Trinajstić information content (AvgIpc) is 2.90. The summed E-state index contributed by atoms with van der Waals surface area (Å²) in [5, 5.41) is 20.6. The van der Waals surface area contributed by atoms with Gasteiger partial charge in [0.25, 0.3) is 5.69 Å². The van der Waals surface area contributed by atoms with Crippen LogP contribution >= 0.6 is 0 Å². The third kappa shape index (κ3) is 2.57. The largest absolute Gasteiger partial charge is 0.347 e. The van der Waals surface area contributed by atoms with Crippen LogP contribution in [0, 0.1) is 10.1 Å². The van der Waals surface area contributed by atoms with Crippen molar-refractivity contribution in [2.75, 3.05) is 6.54 Å². The van der Waals surface area contributed by atoms with Crippen LogP contribution in [-0.2, 0) is 0 Å². The molecule has 3 rings (SSSR count). The lowest BCUT2D eigenvalue weighted by Crippen LogP contribution is -2.30. The van der Waals surface area contributed by atoms with Gasteiger partial charge in [0.1, 0.15) is 0 Å². The Bertz CT molecular complexity index is 697. The van der Waals surface area contributed by atoms with Gasteiger partial charge in [0.2, 0.25) is 0 Å². The molecule has 0 radical (unpaired) electrons. The van der Waals surface area contributed by atoms with Crippen molar-refractivity contribution in [3.8, 4) is 5.69 Å². The smallest absolute Gasteiger partial charge is 0.307 e. The van der Waals surface area contributed by atoms with Gasteiger partial charge in [-0.3, -0.25) is 10.1 Å². The highest BCUT2D eigenvalue weighted by molar-refractivity contribution is 5.41. The van der Waals surface area contributed by atoms with Gasteiger partial charge in [-0.2, -0.15) is 5.10 Å². The first-order valence-corrected chi connectivity index (χ1v) is 6.82. The summed E-state index contributed by atoms with van der Waals surface area (Å²) < 4.78 is 1.46. The molecule has 2 heterocycles. The molecule has 1 fully saturated rings. The molecule has 0 spiro atoms. The molecular formula is C13H15N5O3. The lowest BCUT2D eigenvalue weighted by atomic mass is 10.0. The predicted octanol–water partition coefficient (Wildman–Crippen LogP) is 1.28. The summed E-state index contributed by atoms with van der Waals surface area (Å²) in [6.45, 7) is 0.895. The van der Waals surface area contributed by atoms with Crippen LogP contribution in [0.1, 0.15) is 31.1 Å². The molecule has 1 unspecified atom stereocenters. The van der Waals surface area contributed by atoms with Crippen LogP contribution in [0.5, 0.6) is 0 Å². The van der Waals surface area contributed by atoms with Crippen LogP contribution in [0.3, 0.4) is 0 Å². The van der Waals surface area contributed by atoms with Gasteiger partial charge in [-0.05, 0) is 31.5 Å². The minimum Gasteiger partial charge on any atom is -0.307 e. The fraction of sp³-hybridized carbons (Fsp3) is 0.385. The van der Waals surface area contributed by atoms with Gasteiger partial charge in [-0.25, -0.2) is 14.5 Å². The summed E-state index contributed by atoms with van der Waals surface area (Å²) in [5.74, 6) is 0.619. The number of nitrogens with zero attached hydrogens (tertiary/aromatic N) is 3. The van der Waals surface area contributed by atoms with E-state index in [1.54, 1.807) is 12.1 Å². The Labute approximate surface area is 119 Å². The Balaban J connectivity index is 1.99. The number of aromatic amines is 1. The maximum Gasteiger partial charge on any atom is 0.347 e. The zero-order valence-corrected chi connectivity index (χ0v) is 11.3. The molecule has 1 saturated heterocycles. The maximum absolute atomic E-state index is 12.0. The van der Waals surface area contributed by atoms with Crippen LogP contribution in [0.2, 0.25) is 0 Å². The van der Waals surface area contributed by atoms with Gasteiger partial charge in [-0.15, -0.1) is 0 Å². The summed E-state index contributed by atoms with van der Waals surface area (Å²) in [6.07, 6.45) is 3.11. The molecule has 0 bridgehead atoms. The summed E-state index contributed by atoms with van der Waals surface area (Å²) in [5.41, 5.74) is 0.223. The van der Waals surface area contributed by atoms with Crippen LogP contribution in [0.4, 0.5) is 5.69 Å². The predicted molar refractivity (Wildman–Crippen MR) is 75.4 cm³/mol. The molecule has 2 aromatic rings. The third-order valence-electron chi connectivity index (χ3n) is 3.64. The normalized spacial score (nSPS) is 18.6. The lowest BCUT2D eigenvalue weighted by Gasteiger charge is -2.22. The highest BCUT2D eigenvalue weighted by atomic mass is 16.6. The lowest BCUT2D eigenvalue weighted by molar-refractivity contribution is -0.384. The fourth-order valence-electron chi connectivity index (χ4n) is 2.59. The first kappa shape index (κ1) is 13.5. The van der Waals surface area contributed by atoms with E-state index >= 15 is 0 Å². The monoisotopic (exact) mass is 289 g/mol. The highest BCUT2D eigenvalue weighted by Crippen LogP contribution is 2.23. The number of aromatic nitrogens is 3. The number of nitro benzene ring substituents is 1. The number of hydrogen-bond donors (Lipinski definition) is 2. The van der Waals surface area contributed by atoms with Gasteiger partial charge in [0, 0.05) is 12.1 Å². The van der Waals surface area contributed by atoms with E-state index in [4.69, 9.17) is 0 Å². The third-order valence-corrected chi connectivity index (χ3v) is 3.64. The summed E-state index contributed by atoms with van der Waals surface area (Å²) in [6, 6.07) is 5.90. The van der Waals surface area contributed by atoms with E-state index in [0.717, 1.165) is 25.8 Å². The van der Waals surface area contributed by atoms with Crippen molar-refractivity contribution in [3.05, 3.63) is 50.7 Å². The van der Waals surface area contributed by atoms with Crippen molar-refractivity contribution in [2.24, 2.45) is 0 Å². The van der Waals surface area contributed by atoms with Gasteiger partial charge >= 0.3 is 5.69 Å². The number of benzene rings is 1. The Kier molecular flexibility index (Phi) is 3.53. The number of H-pyrrole nitrogens is 1. The van der Waals surface area contributed by atoms with Crippen molar-refractivity contribution in [2.45, 2.75) is 25.3 Å². The molecule has 8 heteroatoms. The quantitative estimate of drug-likeness (QED) is 0.654. The number of nitrogens with one attached hydrogen (secondary N) is 2. The van der Waals surface area contributed by atoms with E-state index < -0.39 is 4.92 Å². The second-order valence-corrected chi connectivity index (χ2v) is 5.00. The number of nitro groups is 1. The molecule has 1 aromatic heterocycles. The number of hydrogen-bond acceptors (Lipinski definition) is 5. The van der Waals surface area contributed by atoms with E-state index in [2.05, 4.69) is 15.5 Å². The average molecular weight is 289 g/mol. The summed E-state index contributed by atoms with van der Waals surface area (Å²) >= 11 is 0. The minimum atomic E-state index is -0.467. The molecule has 0 saturated carbocycles. The van der Waals surface area contributed by atoms with Crippen LogP contribution in [0.15, 0.2) is 29.1 Å². The van der Waals surface area contributed by atoms with Gasteiger partial charge < -0.3 is 5.32 Å². The second kappa shape index (κ2) is 5.49. The first-order valence-electron chi connectivity index (χ1n) is 6.82. The van der Waals surface area contributed by atoms with E-state index in [9.17, 15) is 14.9 Å². The van der Waals surface area contributed by atoms with E-state index in [0.29, 0.717) is 11.5 Å². The molecular weight excluding hydrogens is 274 g/mol. The minimum absolute atomic E-state index is 0.00682. The Hall–Kier alpha value is -2.48. The van der Waals surface area contributed by atoms with E-state index in [-0.39, 0.29) is 17.4 Å². The number of non-ortho nitro benzene ring substituents is 1. The molecule has 0 amide bonds. The second-order valence-electron chi connectivity index (χ2n) is 5.00. The zero-order valence-electron chi connectivity index (χ0n) is 11.3. The molecule has 0 aliphatic carbocycles. The molecule has 1 aliphatic rings. The molecule has 2 N–H and O–H groups in total. The highest BCUT2D eigenvalue weighted by Gasteiger charge is 2.22. The molecule has 8 nitrogen and oxygen atoms in total. The summed E-state index contributed by atoms with van der Waals surface area (Å²) in [7, 11) is 0. The number of piperidine rings is 1. The zero-order chi connectivity index (χ0) is 14.8. The van der Waals surface area contributed by atoms with Gasteiger partial charge in [0.15, 0.2) is 5.82 Å². The van der Waals surface area contributed by atoms with E-state index in [1.165, 1.54) is 16.7 Å². The summed E-state index contributed by atoms with van der Waals surface area (Å²) in [4.78, 5) is 22.2. The topological polar surface area (TPSA) is 106 Å². The van der Waals surface area contributed by atoms with Crippen molar-refractivity contribution >= 4 is 5.69 Å². The van der Waals surface area contributed by atoms with Crippen LogP contribution in [0.25, 0.3) is 5.69 Å². The van der Waals surface area contributed by atoms with Gasteiger partial charge in [-0.1, -0.05) is 6.42 Å². The standard InChI is InChI=1S/C13H15N5O3/c19-13-16-15-12(11-3-1-2-8-14-11)17(13)9-4-6-10(7-5-9)18(20)21/h4-7,11,14H,1-3,8H2,(H,16,19). The molecule has 21 heavy (non-hydrogen) atoms. The maximum atomic E-state index is 12.0. The van der Waals surface area contributed by atoms with Crippen LogP contribution in [-0.4, -0.2) is 26.2 Å². The van der Waals surface area contributed by atoms with Crippen molar-refractivity contribution in [1.29, 1.82) is 0 Å². The molecule has 1 aliphatic heterocycles. The van der Waals surface area contributed by atoms with Crippen molar-refractivity contribution < 1.29 is 4.92 Å². The van der Waals surface area contributed by atoms with E-state index in [1.807, 2.05) is 0 Å².